The Kier molecular flexibility index (Phi) is 53.8. The molecule has 822 valence electrons. The third-order valence-electron chi connectivity index (χ3n) is 23.1. The molecule has 0 bridgehead atoms. The highest BCUT2D eigenvalue weighted by molar-refractivity contribution is 6.03. The SMILES string of the molecule is CC[C@H](C)[C@H](NC(=O)[C@H](CC(C)C)NC(=O)CN)C(=O)N[C@@H](Cc1c[nH]c2ccccc12)C(=O)N[C@@H](CC(=O)O)C(=O)N[C@@H](Cc1ccccc1)C(=O)NCC(=O)N[C@@H](Cc1ccc(O)cc1)C(=O)N[C@@H](CC(C)C)C(=O)N[C@H](C(=O)N[C@@H](CC(C)C)C(=O)N[C@H](C(=O)N[C@@H](CCC(=O)O)C(=O)N[C@@H](CCC(N)=O)C(=O)N[C@@H](CCCNC(=N)N)C(=O)N[C@@H](CO)C(=O)NCC(=O)NCC(=O)N[C@@H](CO)C(=O)O)C(C)C)[C@@H](C)O. The Morgan fingerprint density at radius 3 is 1.26 bits per heavy atom. The van der Waals surface area contributed by atoms with Gasteiger partial charge in [0.1, 0.15) is 96.4 Å². The Morgan fingerprint density at radius 1 is 0.376 bits per heavy atom. The maximum absolute atomic E-state index is 14.9. The number of benzene rings is 3. The van der Waals surface area contributed by atoms with E-state index in [0.717, 1.165) is 6.92 Å². The number of aromatic amines is 1. The average Bonchev–Trinajstić information content (AvgIpc) is 1.70. The summed E-state index contributed by atoms with van der Waals surface area (Å²) < 4.78 is 0. The van der Waals surface area contributed by atoms with E-state index in [1.807, 2.05) is 19.2 Å². The molecule has 17 atom stereocenters. The summed E-state index contributed by atoms with van der Waals surface area (Å²) in [7, 11) is 0. The number of amides is 19. The zero-order chi connectivity index (χ0) is 112. The molecular weight excluding hydrogens is 1950 g/mol. The van der Waals surface area contributed by atoms with Gasteiger partial charge in [0, 0.05) is 55.7 Å². The van der Waals surface area contributed by atoms with Crippen LogP contribution in [0, 0.1) is 35.0 Å². The van der Waals surface area contributed by atoms with Gasteiger partial charge in [-0.3, -0.25) is 106 Å². The molecule has 53 heteroatoms. The van der Waals surface area contributed by atoms with Gasteiger partial charge in [-0.15, -0.1) is 0 Å². The van der Waals surface area contributed by atoms with Crippen molar-refractivity contribution in [2.45, 2.75) is 263 Å². The number of para-hydroxylation sites is 1. The Labute approximate surface area is 858 Å². The summed E-state index contributed by atoms with van der Waals surface area (Å²) in [6.07, 6.45) is -5.54. The first-order valence-corrected chi connectivity index (χ1v) is 48.5. The minimum Gasteiger partial charge on any atom is -0.508 e. The zero-order valence-electron chi connectivity index (χ0n) is 84.9. The normalized spacial score (nSPS) is 14.6. The summed E-state index contributed by atoms with van der Waals surface area (Å²) in [6.45, 7) is 12.3. The zero-order valence-corrected chi connectivity index (χ0v) is 84.9. The monoisotopic (exact) mass is 2100 g/mol. The number of carboxylic acids is 3. The lowest BCUT2D eigenvalue weighted by molar-refractivity contribution is -0.143. The summed E-state index contributed by atoms with van der Waals surface area (Å²) >= 11 is 0. The first-order chi connectivity index (χ1) is 70.2. The van der Waals surface area contributed by atoms with Gasteiger partial charge in [0.25, 0.3) is 0 Å². The van der Waals surface area contributed by atoms with E-state index < -0.39 is 328 Å². The molecule has 4 rings (SSSR count). The number of aromatic nitrogens is 1. The number of aliphatic hydroxyl groups is 3. The fourth-order valence-corrected chi connectivity index (χ4v) is 15.0. The number of guanidine groups is 1. The summed E-state index contributed by atoms with van der Waals surface area (Å²) in [6, 6.07) is -4.99. The number of rotatable bonds is 67. The summed E-state index contributed by atoms with van der Waals surface area (Å²) in [5.41, 5.74) is 18.3. The second-order valence-electron chi connectivity index (χ2n) is 37.4. The van der Waals surface area contributed by atoms with Crippen molar-refractivity contribution in [1.82, 2.24) is 106 Å². The number of aliphatic carboxylic acids is 3. The van der Waals surface area contributed by atoms with Crippen molar-refractivity contribution in [3.8, 4) is 5.75 Å². The van der Waals surface area contributed by atoms with Gasteiger partial charge in [-0.05, 0) is 116 Å². The van der Waals surface area contributed by atoms with Crippen molar-refractivity contribution in [2.24, 2.45) is 46.8 Å². The van der Waals surface area contributed by atoms with Crippen LogP contribution in [0.3, 0.4) is 0 Å². The molecular formula is C96H144N24O29. The fraction of sp³-hybridized carbons (Fsp3) is 0.552. The van der Waals surface area contributed by atoms with Gasteiger partial charge in [0.15, 0.2) is 5.96 Å². The Hall–Kier alpha value is -15.5. The maximum atomic E-state index is 14.9. The second-order valence-corrected chi connectivity index (χ2v) is 37.4. The van der Waals surface area contributed by atoms with E-state index in [9.17, 15) is 131 Å². The molecule has 0 aliphatic heterocycles. The number of carbonyl (C=O) groups is 22. The standard InChI is InChI=1S/C96H144N24O29/c1-12-51(10)79(119-89(142)62(33-47(2)3)106-72(126)40-97)93(146)116-67(38-55-41-102-58-22-17-16-21-57(55)58)87(140)114-68(39-77(132)133)88(141)113-65(36-53-19-14-13-15-20-53)81(134)105-44-75(129)107-66(37-54-24-26-56(124)27-25-54)86(139)112-63(34-48(4)5)91(144)120-80(52(11)123)94(147)115-64(35-49(6)7)90(143)118-78(50(8)9)92(145)111-61(29-31-76(130)131)85(138)110-60(28-30-71(98)125)84(137)109-59(23-18-32-101-96(99)100)83(136)117-69(45-121)82(135)104-42-73(127)103-43-74(128)108-70(46-122)95(148)149/h13-17,19-22,24-27,41,47-52,59-70,78-80,102,121-124H,12,18,23,28-40,42-46,97H2,1-11H3,(H2,98,125)(H,103,127)(H,104,135)(H,105,134)(H,106,126)(H,107,129)(H,108,128)(H,109,137)(H,110,138)(H,111,145)(H,112,139)(H,113,141)(H,114,140)(H,115,147)(H,116,146)(H,117,136)(H,118,143)(H,119,142)(H,120,144)(H,130,131)(H,132,133)(H,148,149)(H4,99,100,101)/t51-,52+,59-,60-,61-,62-,63-,64-,65-,66-,67-,68-,69-,70-,78-,79-,80-/m0/s1. The second kappa shape index (κ2) is 63.8. The number of phenols is 1. The minimum atomic E-state index is -1.99. The molecule has 0 aliphatic carbocycles. The largest absolute Gasteiger partial charge is 0.508 e. The number of aromatic hydroxyl groups is 1. The van der Waals surface area contributed by atoms with Crippen molar-refractivity contribution < 1.29 is 141 Å². The Balaban J connectivity index is 1.60. The molecule has 4 aromatic rings. The number of aliphatic hydroxyl groups excluding tert-OH is 3. The average molecular weight is 2100 g/mol. The lowest BCUT2D eigenvalue weighted by Crippen LogP contribution is -2.62. The van der Waals surface area contributed by atoms with Crippen LogP contribution in [0.4, 0.5) is 0 Å². The van der Waals surface area contributed by atoms with Crippen LogP contribution in [0.2, 0.25) is 0 Å². The molecule has 0 aliphatic rings. The van der Waals surface area contributed by atoms with E-state index in [0.29, 0.717) is 34.0 Å². The number of nitrogens with one attached hydrogen (secondary N) is 21. The van der Waals surface area contributed by atoms with Crippen LogP contribution >= 0.6 is 0 Å². The van der Waals surface area contributed by atoms with Crippen molar-refractivity contribution >= 4 is 147 Å². The topological polar surface area (TPSA) is 863 Å². The van der Waals surface area contributed by atoms with E-state index in [-0.39, 0.29) is 69.6 Å². The van der Waals surface area contributed by atoms with Crippen LogP contribution in [0.1, 0.15) is 163 Å². The summed E-state index contributed by atoms with van der Waals surface area (Å²) in [4.78, 5) is 305. The van der Waals surface area contributed by atoms with Crippen LogP contribution in [-0.4, -0.2) is 320 Å². The number of phenolic OH excluding ortho intramolecular Hbond substituents is 1. The molecule has 0 spiro atoms. The van der Waals surface area contributed by atoms with Crippen LogP contribution in [0.25, 0.3) is 10.9 Å². The number of H-pyrrole nitrogens is 1. The minimum absolute atomic E-state index is 0.0814. The van der Waals surface area contributed by atoms with E-state index in [1.165, 1.54) is 38.1 Å². The molecule has 53 nitrogen and oxygen atoms in total. The smallest absolute Gasteiger partial charge is 0.328 e. The van der Waals surface area contributed by atoms with Gasteiger partial charge in [-0.2, -0.15) is 0 Å². The summed E-state index contributed by atoms with van der Waals surface area (Å²) in [5.74, 6) is -28.2. The first-order valence-electron chi connectivity index (χ1n) is 48.5. The number of nitrogens with two attached hydrogens (primary N) is 3. The lowest BCUT2D eigenvalue weighted by atomic mass is 9.95. The molecule has 3 aromatic carbocycles. The predicted octanol–water partition coefficient (Wildman–Crippen LogP) is -7.36. The molecule has 0 unspecified atom stereocenters. The first kappa shape index (κ1) is 126. The number of carboxylic acid groups (broad SMARTS) is 3. The van der Waals surface area contributed by atoms with Crippen molar-refractivity contribution in [3.63, 3.8) is 0 Å². The van der Waals surface area contributed by atoms with Crippen LogP contribution < -0.4 is 118 Å². The van der Waals surface area contributed by atoms with Gasteiger partial charge in [0.05, 0.1) is 51.9 Å². The van der Waals surface area contributed by atoms with E-state index in [2.05, 4.69) is 101 Å². The highest BCUT2D eigenvalue weighted by Crippen LogP contribution is 2.23. The molecule has 34 N–H and O–H groups in total. The maximum Gasteiger partial charge on any atom is 0.328 e. The number of hydrogen-bond acceptors (Lipinski definition) is 28. The lowest BCUT2D eigenvalue weighted by Gasteiger charge is -2.30. The number of primary amides is 1. The number of fused-ring (bicyclic) bond motifs is 1. The van der Waals surface area contributed by atoms with Crippen LogP contribution in [0.5, 0.6) is 5.75 Å². The molecule has 19 amide bonds. The quantitative estimate of drug-likeness (QED) is 0.0111. The third kappa shape index (κ3) is 45.5. The van der Waals surface area contributed by atoms with Gasteiger partial charge in [-0.25, -0.2) is 4.79 Å². The van der Waals surface area contributed by atoms with Gasteiger partial charge in [-0.1, -0.05) is 136 Å². The molecule has 0 saturated carbocycles. The number of hydrogen-bond donors (Lipinski definition) is 31. The van der Waals surface area contributed by atoms with Crippen molar-refractivity contribution in [3.05, 3.63) is 102 Å². The Morgan fingerprint density at radius 2 is 0.765 bits per heavy atom. The van der Waals surface area contributed by atoms with Crippen molar-refractivity contribution in [2.75, 3.05) is 45.9 Å². The molecule has 0 fully saturated rings. The predicted molar refractivity (Wildman–Crippen MR) is 534 cm³/mol. The van der Waals surface area contributed by atoms with Crippen LogP contribution in [-0.2, 0) is 125 Å². The number of carbonyl (C=O) groups excluding carboxylic acids is 19. The summed E-state index contributed by atoms with van der Waals surface area (Å²) in [5, 5.41) is 124. The molecule has 149 heavy (non-hydrogen) atoms. The third-order valence-corrected chi connectivity index (χ3v) is 23.1. The van der Waals surface area contributed by atoms with E-state index >= 15 is 0 Å². The van der Waals surface area contributed by atoms with Gasteiger partial charge < -0.3 is 159 Å². The highest BCUT2D eigenvalue weighted by atomic mass is 16.4. The van der Waals surface area contributed by atoms with E-state index in [1.54, 1.807) is 102 Å². The van der Waals surface area contributed by atoms with Crippen LogP contribution in [0.15, 0.2) is 85.1 Å². The molecule has 1 aromatic heterocycles. The van der Waals surface area contributed by atoms with Gasteiger partial charge in [0.2, 0.25) is 112 Å². The Bertz CT molecular complexity index is 5280. The molecule has 0 saturated heterocycles. The van der Waals surface area contributed by atoms with E-state index in [4.69, 9.17) is 32.8 Å². The highest BCUT2D eigenvalue weighted by Gasteiger charge is 2.42. The fourth-order valence-electron chi connectivity index (χ4n) is 15.0. The van der Waals surface area contributed by atoms with Gasteiger partial charge >= 0.3 is 17.9 Å². The molecule has 1 heterocycles. The van der Waals surface area contributed by atoms with Crippen molar-refractivity contribution in [1.29, 1.82) is 5.41 Å². The molecule has 0 radical (unpaired) electrons.